The first-order valence-corrected chi connectivity index (χ1v) is 10.3. The van der Waals surface area contributed by atoms with E-state index in [1.165, 1.54) is 0 Å². The molecule has 28 heavy (non-hydrogen) atoms. The second kappa shape index (κ2) is 8.21. The summed E-state index contributed by atoms with van der Waals surface area (Å²) in [4.78, 5) is 29.1. The predicted octanol–water partition coefficient (Wildman–Crippen LogP) is 1.07. The van der Waals surface area contributed by atoms with Crippen LogP contribution in [0, 0.1) is 5.92 Å². The lowest BCUT2D eigenvalue weighted by Gasteiger charge is -2.46. The van der Waals surface area contributed by atoms with Crippen molar-refractivity contribution in [2.75, 3.05) is 46.0 Å². The Balaban J connectivity index is 1.31. The fourth-order valence-corrected chi connectivity index (χ4v) is 4.70. The summed E-state index contributed by atoms with van der Waals surface area (Å²) in [7, 11) is 1.79. The fourth-order valence-electron chi connectivity index (χ4n) is 4.70. The molecular formula is C20H30N4O4. The quantitative estimate of drug-likeness (QED) is 0.772. The molecule has 1 aromatic rings. The minimum absolute atomic E-state index is 0.0321. The van der Waals surface area contributed by atoms with E-state index in [1.54, 1.807) is 24.0 Å². The zero-order valence-corrected chi connectivity index (χ0v) is 16.6. The molecule has 0 aliphatic carbocycles. The van der Waals surface area contributed by atoms with Crippen LogP contribution in [0.15, 0.2) is 12.3 Å². The number of amides is 2. The molecule has 3 aliphatic heterocycles. The van der Waals surface area contributed by atoms with Gasteiger partial charge in [-0.3, -0.25) is 14.3 Å². The van der Waals surface area contributed by atoms with Crippen molar-refractivity contribution in [2.45, 2.75) is 37.7 Å². The van der Waals surface area contributed by atoms with Crippen molar-refractivity contribution < 1.29 is 19.1 Å². The molecule has 0 aromatic carbocycles. The van der Waals surface area contributed by atoms with E-state index in [2.05, 4.69) is 5.10 Å². The molecule has 8 nitrogen and oxygen atoms in total. The van der Waals surface area contributed by atoms with Crippen LogP contribution in [-0.2, 0) is 21.3 Å². The van der Waals surface area contributed by atoms with Gasteiger partial charge < -0.3 is 19.3 Å². The van der Waals surface area contributed by atoms with Crippen molar-refractivity contribution in [1.29, 1.82) is 0 Å². The van der Waals surface area contributed by atoms with Crippen LogP contribution in [0.5, 0.6) is 0 Å². The third-order valence-corrected chi connectivity index (χ3v) is 6.42. The van der Waals surface area contributed by atoms with Gasteiger partial charge in [-0.2, -0.15) is 5.10 Å². The highest BCUT2D eigenvalue weighted by molar-refractivity contribution is 5.92. The molecule has 1 unspecified atom stereocenters. The molecule has 0 saturated carbocycles. The number of rotatable bonds is 3. The van der Waals surface area contributed by atoms with Crippen LogP contribution in [0.25, 0.3) is 0 Å². The maximum atomic E-state index is 12.7. The zero-order chi connectivity index (χ0) is 19.6. The third kappa shape index (κ3) is 4.07. The van der Waals surface area contributed by atoms with Gasteiger partial charge in [-0.15, -0.1) is 0 Å². The van der Waals surface area contributed by atoms with Gasteiger partial charge in [0.2, 0.25) is 5.91 Å². The lowest BCUT2D eigenvalue weighted by atomic mass is 9.78. The van der Waals surface area contributed by atoms with Crippen molar-refractivity contribution >= 4 is 11.8 Å². The number of hydrogen-bond donors (Lipinski definition) is 0. The molecule has 2 amide bonds. The minimum atomic E-state index is -0.183. The van der Waals surface area contributed by atoms with Gasteiger partial charge in [0.25, 0.3) is 5.91 Å². The second-order valence-corrected chi connectivity index (χ2v) is 8.22. The van der Waals surface area contributed by atoms with E-state index in [0.29, 0.717) is 64.0 Å². The molecule has 0 radical (unpaired) electrons. The molecule has 4 rings (SSSR count). The number of likely N-dealkylation sites (tertiary alicyclic amines) is 1. The van der Waals surface area contributed by atoms with Crippen LogP contribution in [0.3, 0.4) is 0 Å². The summed E-state index contributed by atoms with van der Waals surface area (Å²) >= 11 is 0. The first-order chi connectivity index (χ1) is 13.6. The molecule has 1 atom stereocenters. The third-order valence-electron chi connectivity index (χ3n) is 6.42. The van der Waals surface area contributed by atoms with E-state index in [4.69, 9.17) is 9.47 Å². The highest BCUT2D eigenvalue weighted by atomic mass is 16.5. The number of nitrogens with zero attached hydrogens (tertiary/aromatic N) is 4. The largest absolute Gasteiger partial charge is 0.378 e. The van der Waals surface area contributed by atoms with Crippen LogP contribution in [0.1, 0.15) is 42.6 Å². The van der Waals surface area contributed by atoms with Gasteiger partial charge >= 0.3 is 0 Å². The van der Waals surface area contributed by atoms with Crippen LogP contribution < -0.4 is 0 Å². The summed E-state index contributed by atoms with van der Waals surface area (Å²) in [5.41, 5.74) is 0.437. The Bertz CT molecular complexity index is 705. The van der Waals surface area contributed by atoms with Gasteiger partial charge in [-0.05, 0) is 37.7 Å². The van der Waals surface area contributed by atoms with Crippen molar-refractivity contribution in [2.24, 2.45) is 13.0 Å². The van der Waals surface area contributed by atoms with Crippen LogP contribution >= 0.6 is 0 Å². The molecule has 4 heterocycles. The van der Waals surface area contributed by atoms with Crippen molar-refractivity contribution in [3.8, 4) is 0 Å². The molecule has 0 bridgehead atoms. The van der Waals surface area contributed by atoms with Gasteiger partial charge in [-0.25, -0.2) is 0 Å². The summed E-state index contributed by atoms with van der Waals surface area (Å²) in [6, 6.07) is 1.76. The van der Waals surface area contributed by atoms with Crippen LogP contribution in [0.4, 0.5) is 0 Å². The molecular weight excluding hydrogens is 360 g/mol. The lowest BCUT2D eigenvalue weighted by Crippen LogP contribution is -2.51. The average Bonchev–Trinajstić information content (AvgIpc) is 3.15. The highest BCUT2D eigenvalue weighted by Crippen LogP contribution is 2.39. The number of aromatic nitrogens is 2. The Morgan fingerprint density at radius 1 is 1.14 bits per heavy atom. The fraction of sp³-hybridized carbons (Fsp3) is 0.750. The maximum absolute atomic E-state index is 12.7. The number of hydrogen-bond acceptors (Lipinski definition) is 5. The summed E-state index contributed by atoms with van der Waals surface area (Å²) < 4.78 is 13.2. The normalized spacial score (nSPS) is 25.1. The highest BCUT2D eigenvalue weighted by Gasteiger charge is 2.42. The van der Waals surface area contributed by atoms with Crippen molar-refractivity contribution in [1.82, 2.24) is 19.6 Å². The van der Waals surface area contributed by atoms with Crippen LogP contribution in [0.2, 0.25) is 0 Å². The SMILES string of the molecule is Cn1nccc1C(=O)N1CCC2(CC1)CC(CC(=O)N1CCOCC1)CCO2. The molecule has 3 saturated heterocycles. The standard InChI is InChI=1S/C20H30N4O4/c1-22-17(2-6-21-22)19(26)24-7-4-20(5-8-24)15-16(3-11-28-20)14-18(25)23-9-12-27-13-10-23/h2,6,16H,3-5,7-15H2,1H3. The Morgan fingerprint density at radius 3 is 2.57 bits per heavy atom. The Kier molecular flexibility index (Phi) is 5.68. The molecule has 1 aromatic heterocycles. The van der Waals surface area contributed by atoms with Crippen molar-refractivity contribution in [3.63, 3.8) is 0 Å². The minimum Gasteiger partial charge on any atom is -0.378 e. The average molecular weight is 390 g/mol. The molecule has 1 spiro atoms. The van der Waals surface area contributed by atoms with Gasteiger partial charge in [0.1, 0.15) is 5.69 Å². The second-order valence-electron chi connectivity index (χ2n) is 8.22. The van der Waals surface area contributed by atoms with E-state index >= 15 is 0 Å². The van der Waals surface area contributed by atoms with Crippen molar-refractivity contribution in [3.05, 3.63) is 18.0 Å². The number of carbonyl (C=O) groups excluding carboxylic acids is 2. The Hall–Kier alpha value is -1.93. The zero-order valence-electron chi connectivity index (χ0n) is 16.6. The smallest absolute Gasteiger partial charge is 0.272 e. The molecule has 8 heteroatoms. The van der Waals surface area contributed by atoms with Gasteiger partial charge in [0, 0.05) is 52.5 Å². The molecule has 0 N–H and O–H groups in total. The number of morpholine rings is 1. The summed E-state index contributed by atoms with van der Waals surface area (Å²) in [5.74, 6) is 0.641. The molecule has 3 fully saturated rings. The number of aryl methyl sites for hydroxylation is 1. The van der Waals surface area contributed by atoms with E-state index < -0.39 is 0 Å². The summed E-state index contributed by atoms with van der Waals surface area (Å²) in [5, 5.41) is 4.09. The van der Waals surface area contributed by atoms with E-state index in [0.717, 1.165) is 25.7 Å². The van der Waals surface area contributed by atoms with E-state index in [1.807, 2.05) is 9.80 Å². The lowest BCUT2D eigenvalue weighted by molar-refractivity contribution is -0.143. The molecule has 3 aliphatic rings. The monoisotopic (exact) mass is 390 g/mol. The van der Waals surface area contributed by atoms with Gasteiger partial charge in [0.15, 0.2) is 0 Å². The maximum Gasteiger partial charge on any atom is 0.272 e. The summed E-state index contributed by atoms with van der Waals surface area (Å²) in [6.45, 7) is 4.78. The number of ether oxygens (including phenoxy) is 2. The Morgan fingerprint density at radius 2 is 1.89 bits per heavy atom. The predicted molar refractivity (Wildman–Crippen MR) is 102 cm³/mol. The van der Waals surface area contributed by atoms with Crippen LogP contribution in [-0.4, -0.2) is 83.0 Å². The number of carbonyl (C=O) groups is 2. The first kappa shape index (κ1) is 19.4. The first-order valence-electron chi connectivity index (χ1n) is 10.3. The van der Waals surface area contributed by atoms with E-state index in [9.17, 15) is 9.59 Å². The summed E-state index contributed by atoms with van der Waals surface area (Å²) in [6.07, 6.45) is 5.77. The Labute approximate surface area is 165 Å². The van der Waals surface area contributed by atoms with Gasteiger partial charge in [0.05, 0.1) is 18.8 Å². The number of piperidine rings is 1. The van der Waals surface area contributed by atoms with Gasteiger partial charge in [-0.1, -0.05) is 0 Å². The van der Waals surface area contributed by atoms with E-state index in [-0.39, 0.29) is 17.4 Å². The molecule has 154 valence electrons. The topological polar surface area (TPSA) is 76.9 Å².